The molecule has 1 spiro atoms. The molecule has 25 heavy (non-hydrogen) atoms. The Morgan fingerprint density at radius 2 is 2.16 bits per heavy atom. The number of nitrogens with zero attached hydrogens (tertiary/aromatic N) is 2. The topological polar surface area (TPSA) is 47.7 Å². The summed E-state index contributed by atoms with van der Waals surface area (Å²) in [5, 5.41) is 0. The smallest absolute Gasteiger partial charge is 0.117 e. The van der Waals surface area contributed by atoms with Crippen LogP contribution in [0.4, 0.5) is 0 Å². The largest absolute Gasteiger partial charge is 0.468 e. The number of furan rings is 1. The van der Waals surface area contributed by atoms with Crippen LogP contribution in [0.25, 0.3) is 0 Å². The van der Waals surface area contributed by atoms with Gasteiger partial charge in [0.05, 0.1) is 38.7 Å². The zero-order chi connectivity index (χ0) is 17.0. The summed E-state index contributed by atoms with van der Waals surface area (Å²) in [4.78, 5) is 6.60. The minimum atomic E-state index is 0.230. The highest BCUT2D eigenvalue weighted by Gasteiger charge is 2.42. The fraction of sp³-hybridized carbons (Fsp3) is 0.550. The van der Waals surface area contributed by atoms with Crippen molar-refractivity contribution in [2.45, 2.75) is 38.5 Å². The average Bonchev–Trinajstić information content (AvgIpc) is 3.29. The second kappa shape index (κ2) is 7.68. The lowest BCUT2D eigenvalue weighted by Crippen LogP contribution is -2.40. The molecule has 2 fully saturated rings. The summed E-state index contributed by atoms with van der Waals surface area (Å²) in [6, 6.07) is 8.00. The fourth-order valence-corrected chi connectivity index (χ4v) is 3.95. The van der Waals surface area contributed by atoms with E-state index in [2.05, 4.69) is 16.0 Å². The third kappa shape index (κ3) is 4.29. The highest BCUT2D eigenvalue weighted by atomic mass is 16.5. The van der Waals surface area contributed by atoms with Crippen LogP contribution < -0.4 is 0 Å². The number of piperidine rings is 1. The van der Waals surface area contributed by atoms with Crippen LogP contribution in [-0.2, 0) is 22.6 Å². The standard InChI is InChI=1S/C20H26N2O3/c1-3-17(12-21-7-1)14-23-15-19-11-20(16-25-19)5-8-22(9-6-20)13-18-4-2-10-24-18/h1-4,7,10,12,19H,5-6,8-9,11,13-16H2/t19-/m1/s1. The zero-order valence-electron chi connectivity index (χ0n) is 14.6. The molecule has 0 amide bonds. The Balaban J connectivity index is 1.20. The van der Waals surface area contributed by atoms with Crippen molar-refractivity contribution in [3.8, 4) is 0 Å². The quantitative estimate of drug-likeness (QED) is 0.806. The molecule has 2 aliphatic heterocycles. The van der Waals surface area contributed by atoms with E-state index >= 15 is 0 Å². The summed E-state index contributed by atoms with van der Waals surface area (Å²) in [7, 11) is 0. The molecule has 0 aromatic carbocycles. The van der Waals surface area contributed by atoms with Crippen molar-refractivity contribution in [1.29, 1.82) is 0 Å². The lowest BCUT2D eigenvalue weighted by atomic mass is 9.76. The molecule has 2 aliphatic rings. The molecule has 2 aromatic rings. The molecule has 0 aliphatic carbocycles. The molecule has 2 aromatic heterocycles. The summed E-state index contributed by atoms with van der Waals surface area (Å²) in [6.07, 6.45) is 9.14. The fourth-order valence-electron chi connectivity index (χ4n) is 3.95. The first-order valence-electron chi connectivity index (χ1n) is 9.14. The molecule has 0 radical (unpaired) electrons. The first-order valence-corrected chi connectivity index (χ1v) is 9.14. The molecule has 0 saturated carbocycles. The van der Waals surface area contributed by atoms with Gasteiger partial charge in [-0.25, -0.2) is 0 Å². The van der Waals surface area contributed by atoms with E-state index in [4.69, 9.17) is 13.9 Å². The Labute approximate surface area is 148 Å². The monoisotopic (exact) mass is 342 g/mol. The van der Waals surface area contributed by atoms with Crippen molar-refractivity contribution in [2.75, 3.05) is 26.3 Å². The van der Waals surface area contributed by atoms with Gasteiger partial charge in [0.25, 0.3) is 0 Å². The van der Waals surface area contributed by atoms with Gasteiger partial charge in [-0.05, 0) is 61.5 Å². The Kier molecular flexibility index (Phi) is 5.15. The Morgan fingerprint density at radius 3 is 2.92 bits per heavy atom. The number of likely N-dealkylation sites (tertiary alicyclic amines) is 1. The highest BCUT2D eigenvalue weighted by Crippen LogP contribution is 2.42. The van der Waals surface area contributed by atoms with Crippen LogP contribution >= 0.6 is 0 Å². The van der Waals surface area contributed by atoms with E-state index in [1.54, 1.807) is 12.5 Å². The first kappa shape index (κ1) is 16.8. The number of ether oxygens (including phenoxy) is 2. The summed E-state index contributed by atoms with van der Waals surface area (Å²) < 4.78 is 17.4. The molecule has 4 heterocycles. The minimum Gasteiger partial charge on any atom is -0.468 e. The molecular formula is C20H26N2O3. The SMILES string of the molecule is c1cncc(COC[C@H]2CC3(CCN(Cc4ccco4)CC3)CO2)c1. The van der Waals surface area contributed by atoms with Gasteiger partial charge in [0.2, 0.25) is 0 Å². The maximum absolute atomic E-state index is 6.05. The molecule has 1 atom stereocenters. The van der Waals surface area contributed by atoms with Crippen LogP contribution in [0, 0.1) is 5.41 Å². The van der Waals surface area contributed by atoms with Gasteiger partial charge in [-0.2, -0.15) is 0 Å². The molecule has 134 valence electrons. The van der Waals surface area contributed by atoms with E-state index in [-0.39, 0.29) is 6.10 Å². The summed E-state index contributed by atoms with van der Waals surface area (Å²) in [5.41, 5.74) is 1.46. The van der Waals surface area contributed by atoms with E-state index in [0.717, 1.165) is 44.0 Å². The van der Waals surface area contributed by atoms with Gasteiger partial charge in [0.1, 0.15) is 5.76 Å². The van der Waals surface area contributed by atoms with Crippen molar-refractivity contribution < 1.29 is 13.9 Å². The highest BCUT2D eigenvalue weighted by molar-refractivity contribution is 5.06. The normalized spacial score (nSPS) is 23.3. The Hall–Kier alpha value is -1.69. The van der Waals surface area contributed by atoms with Crippen LogP contribution in [0.15, 0.2) is 47.3 Å². The van der Waals surface area contributed by atoms with Crippen LogP contribution in [0.5, 0.6) is 0 Å². The van der Waals surface area contributed by atoms with Gasteiger partial charge in [0.15, 0.2) is 0 Å². The molecule has 5 nitrogen and oxygen atoms in total. The van der Waals surface area contributed by atoms with E-state index in [1.165, 1.54) is 12.8 Å². The van der Waals surface area contributed by atoms with E-state index < -0.39 is 0 Å². The number of rotatable bonds is 6. The summed E-state index contributed by atoms with van der Waals surface area (Å²) in [5.74, 6) is 1.06. The second-order valence-corrected chi connectivity index (χ2v) is 7.37. The average molecular weight is 342 g/mol. The van der Waals surface area contributed by atoms with Gasteiger partial charge >= 0.3 is 0 Å². The second-order valence-electron chi connectivity index (χ2n) is 7.37. The number of aromatic nitrogens is 1. The number of pyridine rings is 1. The number of hydrogen-bond donors (Lipinski definition) is 0. The summed E-state index contributed by atoms with van der Waals surface area (Å²) >= 11 is 0. The van der Waals surface area contributed by atoms with Crippen LogP contribution in [-0.4, -0.2) is 42.3 Å². The maximum Gasteiger partial charge on any atom is 0.117 e. The van der Waals surface area contributed by atoms with Gasteiger partial charge in [-0.3, -0.25) is 9.88 Å². The lowest BCUT2D eigenvalue weighted by molar-refractivity contribution is 0.00618. The van der Waals surface area contributed by atoms with E-state index in [1.807, 2.05) is 24.4 Å². The summed E-state index contributed by atoms with van der Waals surface area (Å²) in [6.45, 7) is 5.31. The van der Waals surface area contributed by atoms with E-state index in [0.29, 0.717) is 18.6 Å². The Morgan fingerprint density at radius 1 is 1.24 bits per heavy atom. The van der Waals surface area contributed by atoms with Crippen molar-refractivity contribution >= 4 is 0 Å². The predicted molar refractivity (Wildman–Crippen MR) is 93.9 cm³/mol. The predicted octanol–water partition coefficient (Wildman–Crippen LogP) is 3.26. The van der Waals surface area contributed by atoms with Crippen LogP contribution in [0.2, 0.25) is 0 Å². The van der Waals surface area contributed by atoms with Crippen LogP contribution in [0.3, 0.4) is 0 Å². The van der Waals surface area contributed by atoms with Crippen molar-refractivity contribution in [3.63, 3.8) is 0 Å². The molecule has 5 heteroatoms. The van der Waals surface area contributed by atoms with Crippen molar-refractivity contribution in [2.24, 2.45) is 5.41 Å². The van der Waals surface area contributed by atoms with Crippen molar-refractivity contribution in [3.05, 3.63) is 54.2 Å². The van der Waals surface area contributed by atoms with Crippen molar-refractivity contribution in [1.82, 2.24) is 9.88 Å². The third-order valence-corrected chi connectivity index (χ3v) is 5.46. The molecule has 2 saturated heterocycles. The maximum atomic E-state index is 6.05. The molecular weight excluding hydrogens is 316 g/mol. The lowest BCUT2D eigenvalue weighted by Gasteiger charge is -2.38. The number of hydrogen-bond acceptors (Lipinski definition) is 5. The zero-order valence-corrected chi connectivity index (χ0v) is 14.6. The molecule has 0 bridgehead atoms. The van der Waals surface area contributed by atoms with Crippen LogP contribution in [0.1, 0.15) is 30.6 Å². The van der Waals surface area contributed by atoms with Gasteiger partial charge in [0, 0.05) is 12.4 Å². The first-order chi connectivity index (χ1) is 12.3. The minimum absolute atomic E-state index is 0.230. The Bertz CT molecular complexity index is 636. The molecule has 0 N–H and O–H groups in total. The van der Waals surface area contributed by atoms with Gasteiger partial charge in [-0.15, -0.1) is 0 Å². The third-order valence-electron chi connectivity index (χ3n) is 5.46. The molecule has 0 unspecified atom stereocenters. The molecule has 4 rings (SSSR count). The van der Waals surface area contributed by atoms with Gasteiger partial charge < -0.3 is 13.9 Å². The van der Waals surface area contributed by atoms with Gasteiger partial charge in [-0.1, -0.05) is 6.07 Å². The van der Waals surface area contributed by atoms with E-state index in [9.17, 15) is 0 Å².